The van der Waals surface area contributed by atoms with Gasteiger partial charge in [0.05, 0.1) is 6.04 Å². The smallest absolute Gasteiger partial charge is 0.325 e. The van der Waals surface area contributed by atoms with E-state index in [9.17, 15) is 14.4 Å². The monoisotopic (exact) mass is 411 g/mol. The molecule has 2 heterocycles. The highest BCUT2D eigenvalue weighted by molar-refractivity contribution is 6.09. The SMILES string of the molecule is Cc1cc(C2(C)NC(=O)N(CC(=O)NC(CC(C)C)c3ccccc3)C2=O)c(C)o1. The number of carbonyl (C=O) groups excluding carboxylic acids is 3. The fourth-order valence-electron chi connectivity index (χ4n) is 3.97. The molecule has 7 nitrogen and oxygen atoms in total. The molecule has 160 valence electrons. The first-order valence-electron chi connectivity index (χ1n) is 10.2. The highest BCUT2D eigenvalue weighted by Crippen LogP contribution is 2.32. The Bertz CT molecular complexity index is 951. The zero-order chi connectivity index (χ0) is 22.1. The molecule has 1 aromatic heterocycles. The first kappa shape index (κ1) is 21.6. The van der Waals surface area contributed by atoms with Gasteiger partial charge in [-0.2, -0.15) is 0 Å². The standard InChI is InChI=1S/C23H29N3O4/c1-14(2)11-19(17-9-7-6-8-10-17)24-20(27)13-26-21(28)23(5,25-22(26)29)18-12-15(3)30-16(18)4/h6-10,12,14,19H,11,13H2,1-5H3,(H,24,27)(H,25,29). The van der Waals surface area contributed by atoms with Gasteiger partial charge in [-0.25, -0.2) is 4.79 Å². The summed E-state index contributed by atoms with van der Waals surface area (Å²) in [5.41, 5.74) is 0.338. The van der Waals surface area contributed by atoms with Gasteiger partial charge < -0.3 is 15.1 Å². The van der Waals surface area contributed by atoms with Crippen LogP contribution >= 0.6 is 0 Å². The third kappa shape index (κ3) is 4.25. The van der Waals surface area contributed by atoms with Crippen molar-refractivity contribution in [2.45, 2.75) is 52.6 Å². The van der Waals surface area contributed by atoms with E-state index >= 15 is 0 Å². The Hall–Kier alpha value is -3.09. The Balaban J connectivity index is 1.75. The number of hydrogen-bond acceptors (Lipinski definition) is 4. The minimum absolute atomic E-state index is 0.190. The molecule has 1 aliphatic rings. The van der Waals surface area contributed by atoms with Gasteiger partial charge in [0.2, 0.25) is 5.91 Å². The van der Waals surface area contributed by atoms with E-state index in [0.29, 0.717) is 23.0 Å². The molecule has 2 aromatic rings. The second-order valence-electron chi connectivity index (χ2n) is 8.43. The molecule has 0 bridgehead atoms. The number of amides is 4. The molecule has 1 fully saturated rings. The van der Waals surface area contributed by atoms with Gasteiger partial charge in [-0.3, -0.25) is 14.5 Å². The highest BCUT2D eigenvalue weighted by Gasteiger charge is 2.51. The van der Waals surface area contributed by atoms with Crippen molar-refractivity contribution in [2.24, 2.45) is 5.92 Å². The normalized spacial score (nSPS) is 19.9. The van der Waals surface area contributed by atoms with E-state index in [-0.39, 0.29) is 18.5 Å². The molecule has 4 amide bonds. The number of nitrogens with zero attached hydrogens (tertiary/aromatic N) is 1. The second-order valence-corrected chi connectivity index (χ2v) is 8.43. The molecule has 0 aliphatic carbocycles. The number of nitrogens with one attached hydrogen (secondary N) is 2. The largest absolute Gasteiger partial charge is 0.466 e. The third-order valence-electron chi connectivity index (χ3n) is 5.40. The Kier molecular flexibility index (Phi) is 6.01. The average Bonchev–Trinajstić information content (AvgIpc) is 3.13. The maximum Gasteiger partial charge on any atom is 0.325 e. The molecule has 1 aliphatic heterocycles. The molecule has 0 spiro atoms. The lowest BCUT2D eigenvalue weighted by atomic mass is 9.92. The van der Waals surface area contributed by atoms with Crippen molar-refractivity contribution in [3.8, 4) is 0 Å². The molecule has 3 rings (SSSR count). The molecular formula is C23H29N3O4. The predicted molar refractivity (Wildman–Crippen MR) is 113 cm³/mol. The Morgan fingerprint density at radius 2 is 1.87 bits per heavy atom. The number of hydrogen-bond donors (Lipinski definition) is 2. The first-order valence-corrected chi connectivity index (χ1v) is 10.2. The maximum absolute atomic E-state index is 13.1. The average molecular weight is 412 g/mol. The van der Waals surface area contributed by atoms with Crippen LogP contribution in [0.2, 0.25) is 0 Å². The van der Waals surface area contributed by atoms with E-state index in [1.165, 1.54) is 0 Å². The van der Waals surface area contributed by atoms with Crippen LogP contribution in [0.1, 0.15) is 55.9 Å². The predicted octanol–water partition coefficient (Wildman–Crippen LogP) is 3.57. The molecule has 0 saturated carbocycles. The van der Waals surface area contributed by atoms with Gasteiger partial charge in [0.1, 0.15) is 23.6 Å². The minimum Gasteiger partial charge on any atom is -0.466 e. The number of carbonyl (C=O) groups is 3. The van der Waals surface area contributed by atoms with E-state index in [4.69, 9.17) is 4.42 Å². The molecular weight excluding hydrogens is 382 g/mol. The lowest BCUT2D eigenvalue weighted by Crippen LogP contribution is -2.44. The number of urea groups is 1. The van der Waals surface area contributed by atoms with Crippen LogP contribution in [-0.2, 0) is 15.1 Å². The number of aryl methyl sites for hydroxylation is 2. The van der Waals surface area contributed by atoms with Crippen LogP contribution in [-0.4, -0.2) is 29.3 Å². The van der Waals surface area contributed by atoms with Gasteiger partial charge in [-0.05, 0) is 44.7 Å². The zero-order valence-electron chi connectivity index (χ0n) is 18.1. The second kappa shape index (κ2) is 8.34. The van der Waals surface area contributed by atoms with E-state index in [1.54, 1.807) is 26.8 Å². The lowest BCUT2D eigenvalue weighted by Gasteiger charge is -2.23. The summed E-state index contributed by atoms with van der Waals surface area (Å²) in [6.45, 7) is 9.00. The van der Waals surface area contributed by atoms with Crippen molar-refractivity contribution in [1.29, 1.82) is 0 Å². The molecule has 0 radical (unpaired) electrons. The molecule has 2 N–H and O–H groups in total. The summed E-state index contributed by atoms with van der Waals surface area (Å²) >= 11 is 0. The van der Waals surface area contributed by atoms with Gasteiger partial charge in [-0.15, -0.1) is 0 Å². The lowest BCUT2D eigenvalue weighted by molar-refractivity contribution is -0.135. The van der Waals surface area contributed by atoms with Crippen molar-refractivity contribution in [2.75, 3.05) is 6.54 Å². The van der Waals surface area contributed by atoms with E-state index in [2.05, 4.69) is 24.5 Å². The van der Waals surface area contributed by atoms with Gasteiger partial charge in [0, 0.05) is 5.56 Å². The summed E-state index contributed by atoms with van der Waals surface area (Å²) in [6, 6.07) is 10.7. The molecule has 30 heavy (non-hydrogen) atoms. The van der Waals surface area contributed by atoms with Crippen molar-refractivity contribution in [3.05, 3.63) is 59.0 Å². The Labute approximate surface area is 176 Å². The van der Waals surface area contributed by atoms with Crippen LogP contribution < -0.4 is 10.6 Å². The summed E-state index contributed by atoms with van der Waals surface area (Å²) in [5.74, 6) is 0.740. The minimum atomic E-state index is -1.25. The number of benzene rings is 1. The fraction of sp³-hybridized carbons (Fsp3) is 0.435. The van der Waals surface area contributed by atoms with Crippen LogP contribution in [0.4, 0.5) is 4.79 Å². The van der Waals surface area contributed by atoms with Gasteiger partial charge >= 0.3 is 6.03 Å². The van der Waals surface area contributed by atoms with Crippen LogP contribution in [0.25, 0.3) is 0 Å². The fourth-order valence-corrected chi connectivity index (χ4v) is 3.97. The van der Waals surface area contributed by atoms with Gasteiger partial charge in [0.15, 0.2) is 0 Å². The van der Waals surface area contributed by atoms with Gasteiger partial charge in [0.25, 0.3) is 5.91 Å². The third-order valence-corrected chi connectivity index (χ3v) is 5.40. The number of furan rings is 1. The quantitative estimate of drug-likeness (QED) is 0.682. The highest BCUT2D eigenvalue weighted by atomic mass is 16.3. The van der Waals surface area contributed by atoms with Crippen LogP contribution in [0.15, 0.2) is 40.8 Å². The van der Waals surface area contributed by atoms with Crippen LogP contribution in [0, 0.1) is 19.8 Å². The number of rotatable bonds is 7. The van der Waals surface area contributed by atoms with E-state index in [0.717, 1.165) is 16.9 Å². The van der Waals surface area contributed by atoms with Crippen LogP contribution in [0.5, 0.6) is 0 Å². The van der Waals surface area contributed by atoms with E-state index < -0.39 is 17.5 Å². The van der Waals surface area contributed by atoms with Crippen LogP contribution in [0.3, 0.4) is 0 Å². The molecule has 1 aromatic carbocycles. The summed E-state index contributed by atoms with van der Waals surface area (Å²) in [7, 11) is 0. The van der Waals surface area contributed by atoms with E-state index in [1.807, 2.05) is 30.3 Å². The maximum atomic E-state index is 13.1. The molecule has 7 heteroatoms. The summed E-state index contributed by atoms with van der Waals surface area (Å²) in [6.07, 6.45) is 0.751. The molecule has 2 atom stereocenters. The summed E-state index contributed by atoms with van der Waals surface area (Å²) in [5, 5.41) is 5.70. The topological polar surface area (TPSA) is 91.7 Å². The molecule has 2 unspecified atom stereocenters. The van der Waals surface area contributed by atoms with Crippen molar-refractivity contribution in [1.82, 2.24) is 15.5 Å². The Morgan fingerprint density at radius 3 is 2.43 bits per heavy atom. The van der Waals surface area contributed by atoms with Crippen molar-refractivity contribution < 1.29 is 18.8 Å². The summed E-state index contributed by atoms with van der Waals surface area (Å²) in [4.78, 5) is 39.4. The number of imide groups is 1. The zero-order valence-corrected chi connectivity index (χ0v) is 18.1. The Morgan fingerprint density at radius 1 is 1.20 bits per heavy atom. The first-order chi connectivity index (χ1) is 14.1. The van der Waals surface area contributed by atoms with Crippen molar-refractivity contribution in [3.63, 3.8) is 0 Å². The van der Waals surface area contributed by atoms with Crippen molar-refractivity contribution >= 4 is 17.8 Å². The summed E-state index contributed by atoms with van der Waals surface area (Å²) < 4.78 is 5.53. The molecule has 1 saturated heterocycles. The van der Waals surface area contributed by atoms with Gasteiger partial charge in [-0.1, -0.05) is 44.2 Å².